The van der Waals surface area contributed by atoms with Crippen LogP contribution in [0.4, 0.5) is 0 Å². The molecule has 0 spiro atoms. The van der Waals surface area contributed by atoms with Gasteiger partial charge in [-0.3, -0.25) is 0 Å². The summed E-state index contributed by atoms with van der Waals surface area (Å²) in [5.41, 5.74) is 2.20. The standard InChI is InChI=1S/C12H16ClN/c1-4-10-6-7-11(12(13)8-10)9(3)14-5-2/h4,6-9,14H,1,5H2,2-3H3. The van der Waals surface area contributed by atoms with Crippen LogP contribution >= 0.6 is 11.6 Å². The van der Waals surface area contributed by atoms with E-state index in [4.69, 9.17) is 11.6 Å². The number of rotatable bonds is 4. The summed E-state index contributed by atoms with van der Waals surface area (Å²) in [5.74, 6) is 0. The van der Waals surface area contributed by atoms with Gasteiger partial charge in [0.1, 0.15) is 0 Å². The summed E-state index contributed by atoms with van der Waals surface area (Å²) in [5, 5.41) is 4.13. The van der Waals surface area contributed by atoms with Crippen molar-refractivity contribution in [1.82, 2.24) is 5.32 Å². The number of halogens is 1. The van der Waals surface area contributed by atoms with E-state index in [1.807, 2.05) is 18.2 Å². The molecule has 0 aliphatic heterocycles. The second-order valence-electron chi connectivity index (χ2n) is 3.26. The minimum absolute atomic E-state index is 0.298. The van der Waals surface area contributed by atoms with E-state index < -0.39 is 0 Å². The van der Waals surface area contributed by atoms with Gasteiger partial charge in [-0.2, -0.15) is 0 Å². The Hall–Kier alpha value is -0.790. The minimum Gasteiger partial charge on any atom is -0.310 e. The summed E-state index contributed by atoms with van der Waals surface area (Å²) >= 11 is 6.15. The average molecular weight is 210 g/mol. The predicted molar refractivity (Wildman–Crippen MR) is 63.6 cm³/mol. The van der Waals surface area contributed by atoms with Crippen molar-refractivity contribution in [2.45, 2.75) is 19.9 Å². The zero-order chi connectivity index (χ0) is 10.6. The molecule has 0 saturated carbocycles. The molecule has 2 heteroatoms. The molecule has 1 aromatic rings. The van der Waals surface area contributed by atoms with Gasteiger partial charge in [-0.25, -0.2) is 0 Å². The molecule has 0 fully saturated rings. The van der Waals surface area contributed by atoms with Crippen LogP contribution in [0.25, 0.3) is 6.08 Å². The number of hydrogen-bond acceptors (Lipinski definition) is 1. The summed E-state index contributed by atoms with van der Waals surface area (Å²) in [4.78, 5) is 0. The molecule has 0 heterocycles. The lowest BCUT2D eigenvalue weighted by Crippen LogP contribution is -2.17. The quantitative estimate of drug-likeness (QED) is 0.798. The van der Waals surface area contributed by atoms with Gasteiger partial charge in [0.15, 0.2) is 0 Å². The SMILES string of the molecule is C=Cc1ccc(C(C)NCC)c(Cl)c1. The van der Waals surface area contributed by atoms with Crippen LogP contribution in [0, 0.1) is 0 Å². The van der Waals surface area contributed by atoms with Crippen LogP contribution in [-0.2, 0) is 0 Å². The van der Waals surface area contributed by atoms with E-state index >= 15 is 0 Å². The maximum Gasteiger partial charge on any atom is 0.0459 e. The van der Waals surface area contributed by atoms with E-state index in [0.717, 1.165) is 22.7 Å². The van der Waals surface area contributed by atoms with Gasteiger partial charge in [0.25, 0.3) is 0 Å². The molecule has 0 bridgehead atoms. The Labute approximate surface area is 90.8 Å². The fourth-order valence-corrected chi connectivity index (χ4v) is 1.79. The lowest BCUT2D eigenvalue weighted by molar-refractivity contribution is 0.598. The molecule has 0 amide bonds. The lowest BCUT2D eigenvalue weighted by Gasteiger charge is -2.14. The van der Waals surface area contributed by atoms with E-state index in [9.17, 15) is 0 Å². The van der Waals surface area contributed by atoms with Crippen molar-refractivity contribution in [3.05, 3.63) is 40.9 Å². The molecule has 1 unspecified atom stereocenters. The fraction of sp³-hybridized carbons (Fsp3) is 0.333. The first kappa shape index (κ1) is 11.3. The van der Waals surface area contributed by atoms with Crippen LogP contribution in [0.1, 0.15) is 31.0 Å². The van der Waals surface area contributed by atoms with Crippen molar-refractivity contribution in [1.29, 1.82) is 0 Å². The Morgan fingerprint density at radius 3 is 2.79 bits per heavy atom. The van der Waals surface area contributed by atoms with Gasteiger partial charge in [-0.1, -0.05) is 43.3 Å². The van der Waals surface area contributed by atoms with Crippen molar-refractivity contribution in [2.24, 2.45) is 0 Å². The third-order valence-corrected chi connectivity index (χ3v) is 2.56. The van der Waals surface area contributed by atoms with Gasteiger partial charge in [-0.15, -0.1) is 0 Å². The monoisotopic (exact) mass is 209 g/mol. The second kappa shape index (κ2) is 5.18. The topological polar surface area (TPSA) is 12.0 Å². The first-order chi connectivity index (χ1) is 6.69. The van der Waals surface area contributed by atoms with Gasteiger partial charge in [0.05, 0.1) is 0 Å². The molecular weight excluding hydrogens is 194 g/mol. The highest BCUT2D eigenvalue weighted by Crippen LogP contribution is 2.24. The first-order valence-corrected chi connectivity index (χ1v) is 5.22. The van der Waals surface area contributed by atoms with Gasteiger partial charge >= 0.3 is 0 Å². The fourth-order valence-electron chi connectivity index (χ4n) is 1.44. The summed E-state index contributed by atoms with van der Waals surface area (Å²) < 4.78 is 0. The Morgan fingerprint density at radius 2 is 2.29 bits per heavy atom. The Bertz CT molecular complexity index is 320. The molecule has 0 radical (unpaired) electrons. The van der Waals surface area contributed by atoms with Gasteiger partial charge in [-0.05, 0) is 30.7 Å². The van der Waals surface area contributed by atoms with E-state index in [2.05, 4.69) is 25.7 Å². The van der Waals surface area contributed by atoms with E-state index in [1.54, 1.807) is 6.08 Å². The Kier molecular flexibility index (Phi) is 4.18. The zero-order valence-electron chi connectivity index (χ0n) is 8.68. The van der Waals surface area contributed by atoms with Crippen LogP contribution in [0.2, 0.25) is 5.02 Å². The van der Waals surface area contributed by atoms with Gasteiger partial charge < -0.3 is 5.32 Å². The highest BCUT2D eigenvalue weighted by atomic mass is 35.5. The maximum absolute atomic E-state index is 6.15. The molecule has 0 aromatic heterocycles. The Balaban J connectivity index is 2.93. The molecule has 1 atom stereocenters. The van der Waals surface area contributed by atoms with E-state index in [-0.39, 0.29) is 0 Å². The van der Waals surface area contributed by atoms with Crippen LogP contribution in [0.5, 0.6) is 0 Å². The third-order valence-electron chi connectivity index (χ3n) is 2.24. The highest BCUT2D eigenvalue weighted by molar-refractivity contribution is 6.31. The lowest BCUT2D eigenvalue weighted by atomic mass is 10.1. The molecule has 1 N–H and O–H groups in total. The molecule has 0 saturated heterocycles. The van der Waals surface area contributed by atoms with Crippen molar-refractivity contribution in [2.75, 3.05) is 6.54 Å². The molecule has 0 aliphatic carbocycles. The average Bonchev–Trinajstić information content (AvgIpc) is 2.17. The highest BCUT2D eigenvalue weighted by Gasteiger charge is 2.07. The molecule has 0 aliphatic rings. The van der Waals surface area contributed by atoms with Crippen LogP contribution < -0.4 is 5.32 Å². The largest absolute Gasteiger partial charge is 0.310 e. The van der Waals surface area contributed by atoms with Crippen LogP contribution in [-0.4, -0.2) is 6.54 Å². The first-order valence-electron chi connectivity index (χ1n) is 4.84. The minimum atomic E-state index is 0.298. The smallest absolute Gasteiger partial charge is 0.0459 e. The Morgan fingerprint density at radius 1 is 1.57 bits per heavy atom. The van der Waals surface area contributed by atoms with E-state index in [0.29, 0.717) is 6.04 Å². The molecule has 1 rings (SSSR count). The molecular formula is C12H16ClN. The van der Waals surface area contributed by atoms with Gasteiger partial charge in [0.2, 0.25) is 0 Å². The van der Waals surface area contributed by atoms with Gasteiger partial charge in [0, 0.05) is 11.1 Å². The number of benzene rings is 1. The van der Waals surface area contributed by atoms with Crippen LogP contribution in [0.15, 0.2) is 24.8 Å². The van der Waals surface area contributed by atoms with Crippen molar-refractivity contribution in [3.8, 4) is 0 Å². The van der Waals surface area contributed by atoms with E-state index in [1.165, 1.54) is 0 Å². The summed E-state index contributed by atoms with van der Waals surface area (Å²) in [7, 11) is 0. The predicted octanol–water partition coefficient (Wildman–Crippen LogP) is 3.65. The molecule has 1 aromatic carbocycles. The van der Waals surface area contributed by atoms with Crippen molar-refractivity contribution in [3.63, 3.8) is 0 Å². The maximum atomic E-state index is 6.15. The molecule has 76 valence electrons. The van der Waals surface area contributed by atoms with Crippen molar-refractivity contribution >= 4 is 17.7 Å². The normalized spacial score (nSPS) is 12.5. The molecule has 1 nitrogen and oxygen atoms in total. The third kappa shape index (κ3) is 2.60. The molecule has 14 heavy (non-hydrogen) atoms. The van der Waals surface area contributed by atoms with Crippen LogP contribution in [0.3, 0.4) is 0 Å². The summed E-state index contributed by atoms with van der Waals surface area (Å²) in [6.07, 6.45) is 1.80. The number of nitrogens with one attached hydrogen (secondary N) is 1. The van der Waals surface area contributed by atoms with Crippen molar-refractivity contribution < 1.29 is 0 Å². The summed E-state index contributed by atoms with van der Waals surface area (Å²) in [6.45, 7) is 8.85. The zero-order valence-corrected chi connectivity index (χ0v) is 9.43. The summed E-state index contributed by atoms with van der Waals surface area (Å²) in [6, 6.07) is 6.32. The second-order valence-corrected chi connectivity index (χ2v) is 3.67. The number of hydrogen-bond donors (Lipinski definition) is 1.